The first-order chi connectivity index (χ1) is 5.36. The molecule has 11 heavy (non-hydrogen) atoms. The van der Waals surface area contributed by atoms with E-state index in [9.17, 15) is 4.79 Å². The van der Waals surface area contributed by atoms with Crippen molar-refractivity contribution in [3.05, 3.63) is 22.2 Å². The average Bonchev–Trinajstić information content (AvgIpc) is 2.55. The van der Waals surface area contributed by atoms with Crippen LogP contribution in [-0.2, 0) is 0 Å². The van der Waals surface area contributed by atoms with Gasteiger partial charge < -0.3 is 9.84 Å². The molecular weight excluding hydrogens is 144 g/mol. The van der Waals surface area contributed by atoms with Crippen molar-refractivity contribution in [1.29, 1.82) is 0 Å². The maximum atomic E-state index is 10.7. The number of nitrogens with one attached hydrogen (secondary N) is 2. The monoisotopic (exact) mass is 154 g/mol. The quantitative estimate of drug-likeness (QED) is 0.600. The minimum atomic E-state index is -0.146. The summed E-state index contributed by atoms with van der Waals surface area (Å²) in [5.41, 5.74) is -0.146. The number of aromatic amines is 1. The van der Waals surface area contributed by atoms with Crippen LogP contribution < -0.4 is 10.9 Å². The van der Waals surface area contributed by atoms with Crippen molar-refractivity contribution in [2.45, 2.75) is 12.3 Å². The van der Waals surface area contributed by atoms with Gasteiger partial charge in [0.05, 0.1) is 0 Å². The van der Waals surface area contributed by atoms with E-state index in [4.69, 9.17) is 4.52 Å². The lowest BCUT2D eigenvalue weighted by Gasteiger charge is -1.99. The molecule has 60 valence electrons. The zero-order valence-corrected chi connectivity index (χ0v) is 6.09. The molecule has 0 saturated carbocycles. The molecule has 1 aromatic rings. The van der Waals surface area contributed by atoms with E-state index in [1.807, 2.05) is 0 Å². The highest BCUT2D eigenvalue weighted by molar-refractivity contribution is 5.04. The summed E-state index contributed by atoms with van der Waals surface area (Å²) in [7, 11) is 0. The van der Waals surface area contributed by atoms with Gasteiger partial charge in [-0.2, -0.15) is 5.16 Å². The minimum absolute atomic E-state index is 0.146. The molecule has 1 fully saturated rings. The van der Waals surface area contributed by atoms with Crippen molar-refractivity contribution in [1.82, 2.24) is 10.5 Å². The van der Waals surface area contributed by atoms with Crippen LogP contribution in [0.4, 0.5) is 0 Å². The van der Waals surface area contributed by atoms with E-state index >= 15 is 0 Å². The average molecular weight is 154 g/mol. The van der Waals surface area contributed by atoms with Crippen molar-refractivity contribution < 1.29 is 4.52 Å². The first kappa shape index (κ1) is 6.67. The van der Waals surface area contributed by atoms with Crippen molar-refractivity contribution >= 4 is 0 Å². The molecule has 0 spiro atoms. The zero-order valence-electron chi connectivity index (χ0n) is 6.09. The molecule has 1 aliphatic rings. The maximum absolute atomic E-state index is 10.7. The van der Waals surface area contributed by atoms with Crippen molar-refractivity contribution in [3.63, 3.8) is 0 Å². The lowest BCUT2D eigenvalue weighted by Crippen LogP contribution is -2.07. The van der Waals surface area contributed by atoms with Gasteiger partial charge in [-0.25, -0.2) is 0 Å². The number of H-pyrrole nitrogens is 1. The smallest absolute Gasteiger partial charge is 0.280 e. The van der Waals surface area contributed by atoms with Crippen molar-refractivity contribution in [3.8, 4) is 0 Å². The molecule has 0 aliphatic carbocycles. The molecule has 4 nitrogen and oxygen atoms in total. The van der Waals surface area contributed by atoms with Crippen LogP contribution in [0.25, 0.3) is 0 Å². The Balaban J connectivity index is 2.21. The number of rotatable bonds is 1. The Morgan fingerprint density at radius 2 is 2.55 bits per heavy atom. The second kappa shape index (κ2) is 2.54. The Morgan fingerprint density at radius 3 is 3.09 bits per heavy atom. The van der Waals surface area contributed by atoms with E-state index in [-0.39, 0.29) is 5.56 Å². The molecule has 1 aliphatic heterocycles. The number of hydrogen-bond acceptors (Lipinski definition) is 3. The summed E-state index contributed by atoms with van der Waals surface area (Å²) in [5, 5.41) is 5.49. The van der Waals surface area contributed by atoms with Gasteiger partial charge in [-0.15, -0.1) is 0 Å². The van der Waals surface area contributed by atoms with Gasteiger partial charge in [-0.1, -0.05) is 0 Å². The van der Waals surface area contributed by atoms with E-state index in [0.29, 0.717) is 5.92 Å². The third kappa shape index (κ3) is 1.21. The summed E-state index contributed by atoms with van der Waals surface area (Å²) in [6.07, 6.45) is 1.06. The standard InChI is InChI=1S/C7H10N2O2/c10-7-3-6(11-9-7)5-1-2-8-4-5/h3,5,8H,1-2,4H2,(H,9,10). The molecular formula is C7H10N2O2. The lowest BCUT2D eigenvalue weighted by molar-refractivity contribution is 0.361. The van der Waals surface area contributed by atoms with Crippen LogP contribution in [0.1, 0.15) is 18.1 Å². The zero-order chi connectivity index (χ0) is 7.68. The Hall–Kier alpha value is -1.03. The fourth-order valence-corrected chi connectivity index (χ4v) is 1.40. The topological polar surface area (TPSA) is 58.0 Å². The Kier molecular flexibility index (Phi) is 1.54. The van der Waals surface area contributed by atoms with Gasteiger partial charge in [-0.3, -0.25) is 4.79 Å². The summed E-state index contributed by atoms with van der Waals surface area (Å²) in [5.74, 6) is 1.16. The molecule has 1 saturated heterocycles. The molecule has 2 rings (SSSR count). The first-order valence-electron chi connectivity index (χ1n) is 3.75. The molecule has 1 aromatic heterocycles. The fraction of sp³-hybridized carbons (Fsp3) is 0.571. The van der Waals surface area contributed by atoms with Crippen LogP contribution in [0, 0.1) is 0 Å². The molecule has 4 heteroatoms. The predicted octanol–water partition coefficient (Wildman–Crippen LogP) is 0.0448. The van der Waals surface area contributed by atoms with E-state index < -0.39 is 0 Å². The Bertz CT molecular complexity index is 283. The molecule has 0 amide bonds. The van der Waals surface area contributed by atoms with Crippen LogP contribution >= 0.6 is 0 Å². The fourth-order valence-electron chi connectivity index (χ4n) is 1.40. The van der Waals surface area contributed by atoms with E-state index in [0.717, 1.165) is 25.3 Å². The van der Waals surface area contributed by atoms with Crippen LogP contribution in [0.15, 0.2) is 15.4 Å². The molecule has 2 heterocycles. The summed E-state index contributed by atoms with van der Waals surface area (Å²) >= 11 is 0. The third-order valence-electron chi connectivity index (χ3n) is 2.01. The highest BCUT2D eigenvalue weighted by Crippen LogP contribution is 2.19. The minimum Gasteiger partial charge on any atom is -0.383 e. The van der Waals surface area contributed by atoms with Crippen LogP contribution in [0.2, 0.25) is 0 Å². The number of hydrogen-bond donors (Lipinski definition) is 2. The highest BCUT2D eigenvalue weighted by atomic mass is 16.5. The summed E-state index contributed by atoms with van der Waals surface area (Å²) in [6, 6.07) is 1.53. The second-order valence-electron chi connectivity index (χ2n) is 2.80. The Labute approximate surface area is 63.6 Å². The van der Waals surface area contributed by atoms with Crippen molar-refractivity contribution in [2.24, 2.45) is 0 Å². The van der Waals surface area contributed by atoms with Gasteiger partial charge in [0.2, 0.25) is 0 Å². The Morgan fingerprint density at radius 1 is 1.64 bits per heavy atom. The largest absolute Gasteiger partial charge is 0.383 e. The second-order valence-corrected chi connectivity index (χ2v) is 2.80. The normalized spacial score (nSPS) is 24.2. The first-order valence-corrected chi connectivity index (χ1v) is 3.75. The van der Waals surface area contributed by atoms with E-state index in [2.05, 4.69) is 10.5 Å². The molecule has 1 atom stereocenters. The van der Waals surface area contributed by atoms with Crippen LogP contribution in [0.5, 0.6) is 0 Å². The summed E-state index contributed by atoms with van der Waals surface area (Å²) < 4.78 is 4.97. The van der Waals surface area contributed by atoms with Gasteiger partial charge in [0.25, 0.3) is 5.56 Å². The van der Waals surface area contributed by atoms with Gasteiger partial charge in [0.15, 0.2) is 0 Å². The van der Waals surface area contributed by atoms with Gasteiger partial charge >= 0.3 is 0 Å². The SMILES string of the molecule is O=c1cc(C2CCNC2)o[nH]1. The molecule has 1 unspecified atom stereocenters. The maximum Gasteiger partial charge on any atom is 0.280 e. The van der Waals surface area contributed by atoms with Gasteiger partial charge in [0.1, 0.15) is 5.76 Å². The highest BCUT2D eigenvalue weighted by Gasteiger charge is 2.19. The summed E-state index contributed by atoms with van der Waals surface area (Å²) in [6.45, 7) is 1.93. The predicted molar refractivity (Wildman–Crippen MR) is 39.6 cm³/mol. The molecule has 0 aromatic carbocycles. The van der Waals surface area contributed by atoms with Gasteiger partial charge in [0, 0.05) is 18.5 Å². The molecule has 2 N–H and O–H groups in total. The van der Waals surface area contributed by atoms with Crippen LogP contribution in [-0.4, -0.2) is 18.2 Å². The third-order valence-corrected chi connectivity index (χ3v) is 2.01. The lowest BCUT2D eigenvalue weighted by atomic mass is 10.1. The number of aromatic nitrogens is 1. The van der Waals surface area contributed by atoms with Crippen molar-refractivity contribution in [2.75, 3.05) is 13.1 Å². The summed E-state index contributed by atoms with van der Waals surface area (Å²) in [4.78, 5) is 10.7. The molecule has 0 radical (unpaired) electrons. The van der Waals surface area contributed by atoms with Crippen LogP contribution in [0.3, 0.4) is 0 Å². The van der Waals surface area contributed by atoms with Gasteiger partial charge in [-0.05, 0) is 13.0 Å². The van der Waals surface area contributed by atoms with E-state index in [1.165, 1.54) is 6.07 Å². The van der Waals surface area contributed by atoms with E-state index in [1.54, 1.807) is 0 Å². The molecule has 0 bridgehead atoms.